The van der Waals surface area contributed by atoms with Crippen molar-refractivity contribution in [1.82, 2.24) is 10.3 Å². The largest absolute Gasteiger partial charge is 0.314 e. The third kappa shape index (κ3) is 5.28. The zero-order valence-corrected chi connectivity index (χ0v) is 10.6. The minimum absolute atomic E-state index is 0.679. The smallest absolute Gasteiger partial charge is 0.0925 e. The van der Waals surface area contributed by atoms with E-state index in [1.807, 2.05) is 6.20 Å². The van der Waals surface area contributed by atoms with Gasteiger partial charge in [-0.2, -0.15) is 0 Å². The molecule has 2 nitrogen and oxygen atoms in total. The normalized spacial score (nSPS) is 12.9. The molecule has 0 saturated carbocycles. The summed E-state index contributed by atoms with van der Waals surface area (Å²) in [6, 6.07) is 0.679. The third-order valence-electron chi connectivity index (χ3n) is 2.51. The van der Waals surface area contributed by atoms with E-state index in [0.717, 1.165) is 13.0 Å². The molecule has 1 atom stereocenters. The van der Waals surface area contributed by atoms with E-state index in [0.29, 0.717) is 6.04 Å². The maximum Gasteiger partial charge on any atom is 0.0925 e. The van der Waals surface area contributed by atoms with E-state index in [9.17, 15) is 0 Å². The number of nitrogens with zero attached hydrogens (tertiary/aromatic N) is 1. The highest BCUT2D eigenvalue weighted by atomic mass is 32.1. The number of aromatic nitrogens is 1. The van der Waals surface area contributed by atoms with Crippen LogP contribution in [0.25, 0.3) is 0 Å². The zero-order valence-electron chi connectivity index (χ0n) is 9.83. The topological polar surface area (TPSA) is 24.9 Å². The van der Waals surface area contributed by atoms with Crippen LogP contribution in [0.2, 0.25) is 0 Å². The van der Waals surface area contributed by atoms with Crippen LogP contribution in [-0.4, -0.2) is 17.6 Å². The second kappa shape index (κ2) is 7.83. The number of rotatable bonds is 8. The zero-order chi connectivity index (χ0) is 10.9. The van der Waals surface area contributed by atoms with Crippen molar-refractivity contribution in [1.29, 1.82) is 0 Å². The fraction of sp³-hybridized carbons (Fsp3) is 0.750. The summed E-state index contributed by atoms with van der Waals surface area (Å²) in [6.45, 7) is 5.61. The molecule has 1 aromatic rings. The number of aryl methyl sites for hydroxylation is 1. The fourth-order valence-corrected chi connectivity index (χ4v) is 2.36. The summed E-state index contributed by atoms with van der Waals surface area (Å²) >= 11 is 1.77. The summed E-state index contributed by atoms with van der Waals surface area (Å²) in [5, 5.41) is 6.94. The number of thiazole rings is 1. The molecule has 1 heterocycles. The molecule has 0 aromatic carbocycles. The van der Waals surface area contributed by atoms with Crippen LogP contribution < -0.4 is 5.32 Å². The average Bonchev–Trinajstić information content (AvgIpc) is 2.75. The van der Waals surface area contributed by atoms with Gasteiger partial charge in [-0.3, -0.25) is 0 Å². The van der Waals surface area contributed by atoms with Gasteiger partial charge in [0, 0.05) is 24.0 Å². The van der Waals surface area contributed by atoms with Crippen molar-refractivity contribution >= 4 is 11.3 Å². The van der Waals surface area contributed by atoms with Crippen LogP contribution in [0.1, 0.15) is 44.5 Å². The van der Waals surface area contributed by atoms with Crippen LogP contribution in [-0.2, 0) is 6.42 Å². The average molecular weight is 226 g/mol. The van der Waals surface area contributed by atoms with Gasteiger partial charge in [-0.05, 0) is 25.8 Å². The molecular weight excluding hydrogens is 204 g/mol. The van der Waals surface area contributed by atoms with Crippen LogP contribution in [0.3, 0.4) is 0 Å². The standard InChI is InChI=1S/C12H22N2S/c1-3-5-11(13-8-4-2)6-7-12-14-9-10-15-12/h9-11,13H,3-8H2,1-2H3. The highest BCUT2D eigenvalue weighted by Gasteiger charge is 2.07. The molecule has 1 aromatic heterocycles. The van der Waals surface area contributed by atoms with Crippen molar-refractivity contribution in [2.75, 3.05) is 6.54 Å². The Hall–Kier alpha value is -0.410. The van der Waals surface area contributed by atoms with Crippen LogP contribution in [0.5, 0.6) is 0 Å². The Morgan fingerprint density at radius 1 is 1.33 bits per heavy atom. The summed E-state index contributed by atoms with van der Waals surface area (Å²) in [4.78, 5) is 4.32. The van der Waals surface area contributed by atoms with Crippen LogP contribution in [0.4, 0.5) is 0 Å². The Morgan fingerprint density at radius 2 is 2.20 bits per heavy atom. The minimum atomic E-state index is 0.679. The first-order valence-electron chi connectivity index (χ1n) is 5.98. The van der Waals surface area contributed by atoms with Gasteiger partial charge in [0.1, 0.15) is 0 Å². The first kappa shape index (κ1) is 12.7. The summed E-state index contributed by atoms with van der Waals surface area (Å²) in [7, 11) is 0. The molecule has 0 spiro atoms. The van der Waals surface area contributed by atoms with Crippen molar-refractivity contribution < 1.29 is 0 Å². The van der Waals surface area contributed by atoms with Crippen molar-refractivity contribution in [3.05, 3.63) is 16.6 Å². The molecule has 1 rings (SSSR count). The Morgan fingerprint density at radius 3 is 2.80 bits per heavy atom. The molecule has 0 saturated heterocycles. The molecule has 0 radical (unpaired) electrons. The van der Waals surface area contributed by atoms with Gasteiger partial charge in [-0.1, -0.05) is 20.3 Å². The van der Waals surface area contributed by atoms with Crippen molar-refractivity contribution in [3.8, 4) is 0 Å². The lowest BCUT2D eigenvalue weighted by Gasteiger charge is -2.16. The molecule has 1 unspecified atom stereocenters. The maximum atomic E-state index is 4.32. The maximum absolute atomic E-state index is 4.32. The molecule has 15 heavy (non-hydrogen) atoms. The van der Waals surface area contributed by atoms with Crippen LogP contribution >= 0.6 is 11.3 Å². The molecular formula is C12H22N2S. The second-order valence-electron chi connectivity index (χ2n) is 3.90. The summed E-state index contributed by atoms with van der Waals surface area (Å²) in [5.74, 6) is 0. The number of hydrogen-bond acceptors (Lipinski definition) is 3. The Balaban J connectivity index is 2.24. The fourth-order valence-electron chi connectivity index (χ4n) is 1.72. The van der Waals surface area contributed by atoms with Gasteiger partial charge in [0.25, 0.3) is 0 Å². The monoisotopic (exact) mass is 226 g/mol. The van der Waals surface area contributed by atoms with Crippen molar-refractivity contribution in [2.24, 2.45) is 0 Å². The van der Waals surface area contributed by atoms with E-state index >= 15 is 0 Å². The second-order valence-corrected chi connectivity index (χ2v) is 4.88. The Bertz CT molecular complexity index is 234. The van der Waals surface area contributed by atoms with Crippen molar-refractivity contribution in [2.45, 2.75) is 52.0 Å². The Kier molecular flexibility index (Phi) is 6.60. The number of hydrogen-bond donors (Lipinski definition) is 1. The quantitative estimate of drug-likeness (QED) is 0.736. The minimum Gasteiger partial charge on any atom is -0.314 e. The van der Waals surface area contributed by atoms with E-state index in [1.54, 1.807) is 11.3 Å². The summed E-state index contributed by atoms with van der Waals surface area (Å²) in [6.07, 6.45) is 8.01. The predicted octanol–water partition coefficient (Wildman–Crippen LogP) is 3.24. The van der Waals surface area contributed by atoms with E-state index < -0.39 is 0 Å². The van der Waals surface area contributed by atoms with Crippen LogP contribution in [0.15, 0.2) is 11.6 Å². The molecule has 0 aliphatic heterocycles. The summed E-state index contributed by atoms with van der Waals surface area (Å²) in [5.41, 5.74) is 0. The molecule has 0 fully saturated rings. The molecule has 0 aliphatic rings. The number of nitrogens with one attached hydrogen (secondary N) is 1. The molecule has 1 N–H and O–H groups in total. The molecule has 3 heteroatoms. The van der Waals surface area contributed by atoms with Gasteiger partial charge in [-0.25, -0.2) is 4.98 Å². The lowest BCUT2D eigenvalue weighted by atomic mass is 10.1. The highest BCUT2D eigenvalue weighted by molar-refractivity contribution is 7.09. The van der Waals surface area contributed by atoms with Crippen LogP contribution in [0, 0.1) is 0 Å². The highest BCUT2D eigenvalue weighted by Crippen LogP contribution is 2.11. The van der Waals surface area contributed by atoms with Gasteiger partial charge >= 0.3 is 0 Å². The first-order chi connectivity index (χ1) is 7.36. The molecule has 0 aliphatic carbocycles. The van der Waals surface area contributed by atoms with E-state index in [-0.39, 0.29) is 0 Å². The molecule has 0 amide bonds. The molecule has 86 valence electrons. The Labute approximate surface area is 97.1 Å². The van der Waals surface area contributed by atoms with Gasteiger partial charge in [0.2, 0.25) is 0 Å². The van der Waals surface area contributed by atoms with E-state index in [2.05, 4.69) is 29.5 Å². The SMILES string of the molecule is CCCNC(CCC)CCc1nccs1. The van der Waals surface area contributed by atoms with Gasteiger partial charge < -0.3 is 5.32 Å². The first-order valence-corrected chi connectivity index (χ1v) is 6.86. The third-order valence-corrected chi connectivity index (χ3v) is 3.35. The van der Waals surface area contributed by atoms with Gasteiger partial charge in [0.05, 0.1) is 5.01 Å². The molecule has 0 bridgehead atoms. The lowest BCUT2D eigenvalue weighted by molar-refractivity contribution is 0.448. The predicted molar refractivity (Wildman–Crippen MR) is 67.4 cm³/mol. The van der Waals surface area contributed by atoms with Gasteiger partial charge in [0.15, 0.2) is 0 Å². The van der Waals surface area contributed by atoms with Crippen molar-refractivity contribution in [3.63, 3.8) is 0 Å². The summed E-state index contributed by atoms with van der Waals surface area (Å²) < 4.78 is 0. The van der Waals surface area contributed by atoms with E-state index in [1.165, 1.54) is 30.7 Å². The van der Waals surface area contributed by atoms with Gasteiger partial charge in [-0.15, -0.1) is 11.3 Å². The lowest BCUT2D eigenvalue weighted by Crippen LogP contribution is -2.30. The van der Waals surface area contributed by atoms with E-state index in [4.69, 9.17) is 0 Å².